The van der Waals surface area contributed by atoms with Crippen LogP contribution in [-0.2, 0) is 14.8 Å². The van der Waals surface area contributed by atoms with Crippen molar-refractivity contribution in [3.05, 3.63) is 29.8 Å². The fraction of sp³-hybridized carbons (Fsp3) is 0.680. The van der Waals surface area contributed by atoms with Gasteiger partial charge in [0, 0.05) is 24.7 Å². The summed E-state index contributed by atoms with van der Waals surface area (Å²) in [5.74, 6) is 1.28. The summed E-state index contributed by atoms with van der Waals surface area (Å²) in [4.78, 5) is 26.2. The predicted octanol–water partition coefficient (Wildman–Crippen LogP) is 3.41. The van der Waals surface area contributed by atoms with E-state index in [4.69, 9.17) is 0 Å². The minimum atomic E-state index is -3.67. The lowest BCUT2D eigenvalue weighted by molar-refractivity contribution is -0.125. The molecule has 2 aliphatic rings. The van der Waals surface area contributed by atoms with Gasteiger partial charge in [0.25, 0.3) is 5.91 Å². The van der Waals surface area contributed by atoms with Gasteiger partial charge in [0.1, 0.15) is 6.04 Å². The third kappa shape index (κ3) is 5.60. The first kappa shape index (κ1) is 25.7. The first-order chi connectivity index (χ1) is 15.6. The van der Waals surface area contributed by atoms with Crippen LogP contribution in [0, 0.1) is 23.7 Å². The zero-order chi connectivity index (χ0) is 24.3. The maximum absolute atomic E-state index is 13.1. The molecule has 0 aliphatic heterocycles. The maximum atomic E-state index is 13.1. The van der Waals surface area contributed by atoms with Crippen LogP contribution in [0.4, 0.5) is 0 Å². The third-order valence-corrected chi connectivity index (χ3v) is 9.53. The van der Waals surface area contributed by atoms with E-state index in [0.717, 1.165) is 5.92 Å². The van der Waals surface area contributed by atoms with E-state index in [0.29, 0.717) is 24.9 Å². The molecule has 2 fully saturated rings. The van der Waals surface area contributed by atoms with Crippen molar-refractivity contribution >= 4 is 21.8 Å². The standard InChI is InChI=1S/C25H39N3O4S/c1-6-28(7-2)33(31,32)21-10-8-9-20(15-21)24(29)27-23(16(3)4)25(30)26-17(5)22-14-18-11-12-19(22)13-18/h8-10,15-19,22-23H,6-7,11-14H2,1-5H3,(H,26,30)(H,27,29)/t17-,18-,19-,22+,23-/m0/s1. The molecule has 33 heavy (non-hydrogen) atoms. The number of fused-ring (bicyclic) bond motifs is 2. The second-order valence-corrected chi connectivity index (χ2v) is 11.9. The van der Waals surface area contributed by atoms with Crippen molar-refractivity contribution < 1.29 is 18.0 Å². The van der Waals surface area contributed by atoms with E-state index in [2.05, 4.69) is 17.6 Å². The number of benzene rings is 1. The lowest BCUT2D eigenvalue weighted by Crippen LogP contribution is -2.53. The van der Waals surface area contributed by atoms with E-state index >= 15 is 0 Å². The molecular weight excluding hydrogens is 438 g/mol. The first-order valence-electron chi connectivity index (χ1n) is 12.3. The van der Waals surface area contributed by atoms with Crippen LogP contribution in [0.2, 0.25) is 0 Å². The number of carbonyl (C=O) groups is 2. The van der Waals surface area contributed by atoms with E-state index < -0.39 is 22.0 Å². The van der Waals surface area contributed by atoms with E-state index in [9.17, 15) is 18.0 Å². The molecule has 0 saturated heterocycles. The van der Waals surface area contributed by atoms with Crippen molar-refractivity contribution in [1.82, 2.24) is 14.9 Å². The van der Waals surface area contributed by atoms with Crippen molar-refractivity contribution in [3.8, 4) is 0 Å². The van der Waals surface area contributed by atoms with Gasteiger partial charge in [-0.15, -0.1) is 0 Å². The van der Waals surface area contributed by atoms with E-state index in [-0.39, 0.29) is 28.3 Å². The summed E-state index contributed by atoms with van der Waals surface area (Å²) in [6, 6.07) is 5.40. The zero-order valence-electron chi connectivity index (χ0n) is 20.5. The van der Waals surface area contributed by atoms with E-state index in [1.54, 1.807) is 26.0 Å². The van der Waals surface area contributed by atoms with Crippen LogP contribution >= 0.6 is 0 Å². The summed E-state index contributed by atoms with van der Waals surface area (Å²) in [5, 5.41) is 5.99. The van der Waals surface area contributed by atoms with Gasteiger partial charge in [-0.3, -0.25) is 9.59 Å². The van der Waals surface area contributed by atoms with Crippen molar-refractivity contribution in [3.63, 3.8) is 0 Å². The highest BCUT2D eigenvalue weighted by Crippen LogP contribution is 2.49. The quantitative estimate of drug-likeness (QED) is 0.540. The van der Waals surface area contributed by atoms with Crippen molar-refractivity contribution in [2.75, 3.05) is 13.1 Å². The predicted molar refractivity (Wildman–Crippen MR) is 129 cm³/mol. The number of sulfonamides is 1. The molecule has 2 aliphatic carbocycles. The van der Waals surface area contributed by atoms with Crippen LogP contribution in [0.5, 0.6) is 0 Å². The molecule has 8 heteroatoms. The fourth-order valence-electron chi connectivity index (χ4n) is 5.60. The molecule has 2 bridgehead atoms. The zero-order valence-corrected chi connectivity index (χ0v) is 21.3. The molecule has 1 aromatic rings. The summed E-state index contributed by atoms with van der Waals surface area (Å²) in [7, 11) is -3.67. The molecule has 2 N–H and O–H groups in total. The number of hydrogen-bond donors (Lipinski definition) is 2. The van der Waals surface area contributed by atoms with Crippen LogP contribution in [-0.4, -0.2) is 49.7 Å². The molecule has 5 atom stereocenters. The topological polar surface area (TPSA) is 95.6 Å². The van der Waals surface area contributed by atoms with Crippen LogP contribution in [0.3, 0.4) is 0 Å². The Hall–Kier alpha value is -1.93. The lowest BCUT2D eigenvalue weighted by atomic mass is 9.84. The third-order valence-electron chi connectivity index (χ3n) is 7.48. The van der Waals surface area contributed by atoms with Crippen LogP contribution in [0.25, 0.3) is 0 Å². The Morgan fingerprint density at radius 1 is 1.06 bits per heavy atom. The second-order valence-electron chi connectivity index (χ2n) is 9.95. The van der Waals surface area contributed by atoms with Crippen molar-refractivity contribution in [2.45, 2.75) is 77.3 Å². The number of nitrogens with one attached hydrogen (secondary N) is 2. The number of carbonyl (C=O) groups excluding carboxylic acids is 2. The monoisotopic (exact) mass is 477 g/mol. The largest absolute Gasteiger partial charge is 0.352 e. The number of nitrogens with zero attached hydrogens (tertiary/aromatic N) is 1. The molecule has 0 unspecified atom stereocenters. The Bertz CT molecular complexity index is 958. The molecule has 1 aromatic carbocycles. The van der Waals surface area contributed by atoms with Crippen molar-refractivity contribution in [2.24, 2.45) is 23.7 Å². The van der Waals surface area contributed by atoms with Gasteiger partial charge in [0.15, 0.2) is 0 Å². The second kappa shape index (κ2) is 10.6. The highest BCUT2D eigenvalue weighted by atomic mass is 32.2. The summed E-state index contributed by atoms with van der Waals surface area (Å²) >= 11 is 0. The van der Waals surface area contributed by atoms with Gasteiger partial charge in [0.05, 0.1) is 4.90 Å². The molecule has 3 rings (SSSR count). The lowest BCUT2D eigenvalue weighted by Gasteiger charge is -2.31. The Morgan fingerprint density at radius 3 is 2.30 bits per heavy atom. The highest BCUT2D eigenvalue weighted by molar-refractivity contribution is 7.89. The minimum Gasteiger partial charge on any atom is -0.352 e. The van der Waals surface area contributed by atoms with E-state index in [1.165, 1.54) is 42.1 Å². The molecule has 0 heterocycles. The van der Waals surface area contributed by atoms with E-state index in [1.807, 2.05) is 13.8 Å². The average Bonchev–Trinajstić information content (AvgIpc) is 3.41. The number of rotatable bonds is 10. The van der Waals surface area contributed by atoms with Gasteiger partial charge in [-0.05, 0) is 68.1 Å². The van der Waals surface area contributed by atoms with Crippen LogP contribution in [0.15, 0.2) is 29.2 Å². The van der Waals surface area contributed by atoms with Gasteiger partial charge < -0.3 is 10.6 Å². The van der Waals surface area contributed by atoms with Gasteiger partial charge >= 0.3 is 0 Å². The summed E-state index contributed by atoms with van der Waals surface area (Å²) in [6.07, 6.45) is 5.03. The highest BCUT2D eigenvalue weighted by Gasteiger charge is 2.42. The number of amides is 2. The number of hydrogen-bond acceptors (Lipinski definition) is 4. The molecular formula is C25H39N3O4S. The Labute approximate surface area is 198 Å². The molecule has 2 amide bonds. The molecule has 7 nitrogen and oxygen atoms in total. The Morgan fingerprint density at radius 2 is 1.76 bits per heavy atom. The van der Waals surface area contributed by atoms with Crippen LogP contribution < -0.4 is 10.6 Å². The SMILES string of the molecule is CCN(CC)S(=O)(=O)c1cccc(C(=O)N[C@H](C(=O)N[C@@H](C)[C@H]2C[C@H]3CC[C@H]2C3)C(C)C)c1. The Kier molecular flexibility index (Phi) is 8.22. The first-order valence-corrected chi connectivity index (χ1v) is 13.7. The fourth-order valence-corrected chi connectivity index (χ4v) is 7.10. The maximum Gasteiger partial charge on any atom is 0.251 e. The summed E-state index contributed by atoms with van der Waals surface area (Å²) in [5.41, 5.74) is 0.225. The molecule has 0 aromatic heterocycles. The van der Waals surface area contributed by atoms with Gasteiger partial charge in [-0.25, -0.2) is 8.42 Å². The summed E-state index contributed by atoms with van der Waals surface area (Å²) < 4.78 is 27.0. The average molecular weight is 478 g/mol. The van der Waals surface area contributed by atoms with Gasteiger partial charge in [0.2, 0.25) is 15.9 Å². The van der Waals surface area contributed by atoms with Gasteiger partial charge in [-0.2, -0.15) is 4.31 Å². The molecule has 0 spiro atoms. The van der Waals surface area contributed by atoms with Crippen LogP contribution in [0.1, 0.15) is 70.7 Å². The Balaban J connectivity index is 1.69. The van der Waals surface area contributed by atoms with Gasteiger partial charge in [-0.1, -0.05) is 40.2 Å². The molecule has 0 radical (unpaired) electrons. The summed E-state index contributed by atoms with van der Waals surface area (Å²) in [6.45, 7) is 10.1. The smallest absolute Gasteiger partial charge is 0.251 e. The van der Waals surface area contributed by atoms with Crippen molar-refractivity contribution in [1.29, 1.82) is 0 Å². The molecule has 184 valence electrons. The minimum absolute atomic E-state index is 0.0773. The molecule has 2 saturated carbocycles. The normalized spacial score (nSPS) is 24.2.